The summed E-state index contributed by atoms with van der Waals surface area (Å²) in [4.78, 5) is 4.38. The maximum absolute atomic E-state index is 5.71. The van der Waals surface area contributed by atoms with Crippen LogP contribution in [0.1, 0.15) is 11.4 Å². The number of nitrogens with two attached hydrogens (primary N) is 1. The standard InChI is InChI=1S/C11H14N4/c1-7-6-9(12)4-5-10(7)11-13-8(2)14-15(11)3/h4-6H,12H2,1-3H3. The molecule has 2 aromatic rings. The molecule has 0 radical (unpaired) electrons. The average molecular weight is 202 g/mol. The van der Waals surface area contributed by atoms with Gasteiger partial charge in [-0.3, -0.25) is 0 Å². The highest BCUT2D eigenvalue weighted by Crippen LogP contribution is 2.22. The Morgan fingerprint density at radius 1 is 1.27 bits per heavy atom. The van der Waals surface area contributed by atoms with Gasteiger partial charge < -0.3 is 5.73 Å². The van der Waals surface area contributed by atoms with Gasteiger partial charge in [0.05, 0.1) is 0 Å². The third-order valence-electron chi connectivity index (χ3n) is 2.36. The summed E-state index contributed by atoms with van der Waals surface area (Å²) >= 11 is 0. The second kappa shape index (κ2) is 3.38. The minimum Gasteiger partial charge on any atom is -0.399 e. The van der Waals surface area contributed by atoms with E-state index in [0.29, 0.717) is 0 Å². The van der Waals surface area contributed by atoms with E-state index < -0.39 is 0 Å². The molecule has 0 spiro atoms. The second-order valence-electron chi connectivity index (χ2n) is 3.68. The van der Waals surface area contributed by atoms with Crippen molar-refractivity contribution in [1.29, 1.82) is 0 Å². The van der Waals surface area contributed by atoms with Crippen LogP contribution in [-0.4, -0.2) is 14.8 Å². The van der Waals surface area contributed by atoms with Crippen molar-refractivity contribution in [2.45, 2.75) is 13.8 Å². The lowest BCUT2D eigenvalue weighted by atomic mass is 10.1. The molecule has 1 aromatic carbocycles. The zero-order chi connectivity index (χ0) is 11.0. The number of aromatic nitrogens is 3. The molecule has 0 amide bonds. The highest BCUT2D eigenvalue weighted by Gasteiger charge is 2.09. The summed E-state index contributed by atoms with van der Waals surface area (Å²) in [6.07, 6.45) is 0. The van der Waals surface area contributed by atoms with Crippen LogP contribution in [0.5, 0.6) is 0 Å². The van der Waals surface area contributed by atoms with Crippen LogP contribution in [0.4, 0.5) is 5.69 Å². The second-order valence-corrected chi connectivity index (χ2v) is 3.68. The van der Waals surface area contributed by atoms with Crippen LogP contribution in [0.3, 0.4) is 0 Å². The Morgan fingerprint density at radius 3 is 2.53 bits per heavy atom. The molecule has 2 rings (SSSR count). The molecule has 0 saturated heterocycles. The van der Waals surface area contributed by atoms with E-state index in [-0.39, 0.29) is 0 Å². The monoisotopic (exact) mass is 202 g/mol. The lowest BCUT2D eigenvalue weighted by Gasteiger charge is -2.05. The van der Waals surface area contributed by atoms with Gasteiger partial charge in [-0.2, -0.15) is 5.10 Å². The van der Waals surface area contributed by atoms with Crippen molar-refractivity contribution in [2.24, 2.45) is 7.05 Å². The zero-order valence-electron chi connectivity index (χ0n) is 9.15. The van der Waals surface area contributed by atoms with Gasteiger partial charge in [0.1, 0.15) is 5.82 Å². The number of anilines is 1. The first-order chi connectivity index (χ1) is 7.08. The fourth-order valence-corrected chi connectivity index (χ4v) is 1.68. The molecule has 0 unspecified atom stereocenters. The molecule has 0 atom stereocenters. The van der Waals surface area contributed by atoms with E-state index in [9.17, 15) is 0 Å². The third-order valence-corrected chi connectivity index (χ3v) is 2.36. The summed E-state index contributed by atoms with van der Waals surface area (Å²) in [7, 11) is 1.89. The van der Waals surface area contributed by atoms with Crippen LogP contribution >= 0.6 is 0 Å². The first-order valence-electron chi connectivity index (χ1n) is 4.82. The van der Waals surface area contributed by atoms with Crippen LogP contribution in [-0.2, 0) is 7.05 Å². The van der Waals surface area contributed by atoms with E-state index in [1.165, 1.54) is 0 Å². The Labute approximate surface area is 88.8 Å². The van der Waals surface area contributed by atoms with E-state index in [2.05, 4.69) is 10.1 Å². The van der Waals surface area contributed by atoms with Gasteiger partial charge in [0.2, 0.25) is 0 Å². The van der Waals surface area contributed by atoms with Crippen molar-refractivity contribution in [1.82, 2.24) is 14.8 Å². The predicted molar refractivity (Wildman–Crippen MR) is 60.3 cm³/mol. The first kappa shape index (κ1) is 9.71. The molecule has 4 heteroatoms. The van der Waals surface area contributed by atoms with E-state index in [1.54, 1.807) is 4.68 Å². The van der Waals surface area contributed by atoms with Gasteiger partial charge in [0.15, 0.2) is 5.82 Å². The summed E-state index contributed by atoms with van der Waals surface area (Å²) in [6, 6.07) is 5.81. The SMILES string of the molecule is Cc1nc(-c2ccc(N)cc2C)n(C)n1. The van der Waals surface area contributed by atoms with Crippen LogP contribution in [0, 0.1) is 13.8 Å². The number of nitrogen functional groups attached to an aromatic ring is 1. The minimum atomic E-state index is 0.773. The maximum Gasteiger partial charge on any atom is 0.158 e. The molecule has 0 fully saturated rings. The first-order valence-corrected chi connectivity index (χ1v) is 4.82. The smallest absolute Gasteiger partial charge is 0.158 e. The molecular formula is C11H14N4. The molecule has 1 aromatic heterocycles. The number of nitrogens with zero attached hydrogens (tertiary/aromatic N) is 3. The number of hydrogen-bond donors (Lipinski definition) is 1. The average Bonchev–Trinajstić information content (AvgIpc) is 2.45. The lowest BCUT2D eigenvalue weighted by Crippen LogP contribution is -1.97. The summed E-state index contributed by atoms with van der Waals surface area (Å²) in [5.41, 5.74) is 8.67. The fourth-order valence-electron chi connectivity index (χ4n) is 1.68. The largest absolute Gasteiger partial charge is 0.399 e. The van der Waals surface area contributed by atoms with Crippen LogP contribution < -0.4 is 5.73 Å². The molecule has 1 heterocycles. The topological polar surface area (TPSA) is 56.7 Å². The van der Waals surface area contributed by atoms with Crippen molar-refractivity contribution in [3.05, 3.63) is 29.6 Å². The van der Waals surface area contributed by atoms with Crippen LogP contribution in [0.15, 0.2) is 18.2 Å². The van der Waals surface area contributed by atoms with Crippen molar-refractivity contribution in [3.63, 3.8) is 0 Å². The quantitative estimate of drug-likeness (QED) is 0.716. The van der Waals surface area contributed by atoms with Gasteiger partial charge in [-0.05, 0) is 37.6 Å². The van der Waals surface area contributed by atoms with E-state index in [4.69, 9.17) is 5.73 Å². The van der Waals surface area contributed by atoms with Crippen molar-refractivity contribution >= 4 is 5.69 Å². The Balaban J connectivity index is 2.59. The molecule has 4 nitrogen and oxygen atoms in total. The Morgan fingerprint density at radius 2 is 2.00 bits per heavy atom. The Hall–Kier alpha value is -1.84. The van der Waals surface area contributed by atoms with E-state index >= 15 is 0 Å². The third kappa shape index (κ3) is 1.70. The normalized spacial score (nSPS) is 10.6. The summed E-state index contributed by atoms with van der Waals surface area (Å²) < 4.78 is 1.79. The molecule has 0 aliphatic carbocycles. The molecule has 0 saturated carbocycles. The molecule has 78 valence electrons. The number of benzene rings is 1. The molecule has 0 bridgehead atoms. The van der Waals surface area contributed by atoms with Crippen molar-refractivity contribution < 1.29 is 0 Å². The van der Waals surface area contributed by atoms with Gasteiger partial charge in [-0.25, -0.2) is 9.67 Å². The van der Waals surface area contributed by atoms with Gasteiger partial charge in [0, 0.05) is 18.3 Å². The highest BCUT2D eigenvalue weighted by molar-refractivity contribution is 5.63. The molecule has 2 N–H and O–H groups in total. The minimum absolute atomic E-state index is 0.773. The van der Waals surface area contributed by atoms with Gasteiger partial charge in [-0.1, -0.05) is 0 Å². The molecule has 15 heavy (non-hydrogen) atoms. The number of rotatable bonds is 1. The molecular weight excluding hydrogens is 188 g/mol. The van der Waals surface area contributed by atoms with Crippen molar-refractivity contribution in [3.8, 4) is 11.4 Å². The van der Waals surface area contributed by atoms with Crippen LogP contribution in [0.2, 0.25) is 0 Å². The summed E-state index contributed by atoms with van der Waals surface area (Å²) in [5, 5.41) is 4.23. The summed E-state index contributed by atoms with van der Waals surface area (Å²) in [5.74, 6) is 1.66. The van der Waals surface area contributed by atoms with Crippen molar-refractivity contribution in [2.75, 3.05) is 5.73 Å². The maximum atomic E-state index is 5.71. The summed E-state index contributed by atoms with van der Waals surface area (Å²) in [6.45, 7) is 3.91. The van der Waals surface area contributed by atoms with Gasteiger partial charge in [0.25, 0.3) is 0 Å². The molecule has 0 aliphatic heterocycles. The van der Waals surface area contributed by atoms with E-state index in [1.807, 2.05) is 39.1 Å². The van der Waals surface area contributed by atoms with E-state index in [0.717, 1.165) is 28.5 Å². The van der Waals surface area contributed by atoms with Gasteiger partial charge >= 0.3 is 0 Å². The fraction of sp³-hybridized carbons (Fsp3) is 0.273. The molecule has 0 aliphatic rings. The number of hydrogen-bond acceptors (Lipinski definition) is 3. The van der Waals surface area contributed by atoms with Gasteiger partial charge in [-0.15, -0.1) is 0 Å². The Bertz CT molecular complexity index is 499. The Kier molecular flexibility index (Phi) is 2.19. The van der Waals surface area contributed by atoms with Crippen LogP contribution in [0.25, 0.3) is 11.4 Å². The highest BCUT2D eigenvalue weighted by atomic mass is 15.3. The number of aryl methyl sites for hydroxylation is 3. The lowest BCUT2D eigenvalue weighted by molar-refractivity contribution is 0.763. The predicted octanol–water partition coefficient (Wildman–Crippen LogP) is 1.68. The zero-order valence-corrected chi connectivity index (χ0v) is 9.15.